The maximum absolute atomic E-state index is 12.5. The summed E-state index contributed by atoms with van der Waals surface area (Å²) in [7, 11) is 0. The molecule has 1 aromatic carbocycles. The van der Waals surface area contributed by atoms with Crippen molar-refractivity contribution in [1.82, 2.24) is 5.32 Å². The number of rotatable bonds is 2. The SMILES string of the molecule is N#CC1(NC(=O)C2CCc3ccccc3C2)CCCC1. The van der Waals surface area contributed by atoms with Crippen molar-refractivity contribution in [3.63, 3.8) is 0 Å². The van der Waals surface area contributed by atoms with Gasteiger partial charge in [0, 0.05) is 5.92 Å². The normalized spacial score (nSPS) is 23.6. The van der Waals surface area contributed by atoms with Gasteiger partial charge >= 0.3 is 0 Å². The summed E-state index contributed by atoms with van der Waals surface area (Å²) in [6.07, 6.45) is 6.36. The zero-order valence-electron chi connectivity index (χ0n) is 11.7. The highest BCUT2D eigenvalue weighted by atomic mass is 16.2. The van der Waals surface area contributed by atoms with Gasteiger partial charge in [-0.15, -0.1) is 0 Å². The molecule has 2 aliphatic rings. The highest BCUT2D eigenvalue weighted by Gasteiger charge is 2.37. The first kappa shape index (κ1) is 13.2. The molecule has 2 aliphatic carbocycles. The molecule has 1 aromatic rings. The van der Waals surface area contributed by atoms with E-state index in [1.165, 1.54) is 11.1 Å². The Balaban J connectivity index is 1.69. The van der Waals surface area contributed by atoms with E-state index in [4.69, 9.17) is 0 Å². The summed E-state index contributed by atoms with van der Waals surface area (Å²) in [4.78, 5) is 12.5. The fourth-order valence-electron chi connectivity index (χ4n) is 3.50. The molecule has 3 nitrogen and oxygen atoms in total. The Hall–Kier alpha value is -1.82. The van der Waals surface area contributed by atoms with Crippen LogP contribution in [0.15, 0.2) is 24.3 Å². The first-order valence-electron chi connectivity index (χ1n) is 7.52. The molecule has 0 aromatic heterocycles. The van der Waals surface area contributed by atoms with E-state index in [0.717, 1.165) is 44.9 Å². The van der Waals surface area contributed by atoms with E-state index in [-0.39, 0.29) is 11.8 Å². The zero-order chi connectivity index (χ0) is 14.0. The molecule has 1 N–H and O–H groups in total. The minimum absolute atomic E-state index is 0.0238. The highest BCUT2D eigenvalue weighted by molar-refractivity contribution is 5.80. The molecule has 1 unspecified atom stereocenters. The van der Waals surface area contributed by atoms with Crippen LogP contribution in [0.3, 0.4) is 0 Å². The van der Waals surface area contributed by atoms with E-state index in [1.807, 2.05) is 6.07 Å². The minimum atomic E-state index is -0.589. The van der Waals surface area contributed by atoms with Crippen LogP contribution >= 0.6 is 0 Å². The maximum atomic E-state index is 12.5. The number of hydrogen-bond donors (Lipinski definition) is 1. The Morgan fingerprint density at radius 3 is 2.65 bits per heavy atom. The lowest BCUT2D eigenvalue weighted by atomic mass is 9.83. The van der Waals surface area contributed by atoms with E-state index in [0.29, 0.717) is 0 Å². The third-order valence-electron chi connectivity index (χ3n) is 4.75. The standard InChI is InChI=1S/C17H20N2O/c18-12-17(9-3-4-10-17)19-16(20)15-8-7-13-5-1-2-6-14(13)11-15/h1-2,5-6,15H,3-4,7-11H2,(H,19,20). The van der Waals surface area contributed by atoms with Crippen molar-refractivity contribution in [2.75, 3.05) is 0 Å². The predicted molar refractivity (Wildman–Crippen MR) is 76.9 cm³/mol. The van der Waals surface area contributed by atoms with Gasteiger partial charge in [-0.1, -0.05) is 24.3 Å². The van der Waals surface area contributed by atoms with Crippen LogP contribution in [0.2, 0.25) is 0 Å². The van der Waals surface area contributed by atoms with Crippen LogP contribution in [0.4, 0.5) is 0 Å². The number of carbonyl (C=O) groups excluding carboxylic acids is 1. The summed E-state index contributed by atoms with van der Waals surface area (Å²) >= 11 is 0. The number of amides is 1. The number of carbonyl (C=O) groups is 1. The molecule has 3 heteroatoms. The maximum Gasteiger partial charge on any atom is 0.224 e. The number of aryl methyl sites for hydroxylation is 1. The smallest absolute Gasteiger partial charge is 0.224 e. The van der Waals surface area contributed by atoms with E-state index < -0.39 is 5.54 Å². The second kappa shape index (κ2) is 5.28. The quantitative estimate of drug-likeness (QED) is 0.896. The van der Waals surface area contributed by atoms with Gasteiger partial charge in [-0.05, 0) is 56.1 Å². The Bertz CT molecular complexity index is 552. The number of nitrogens with one attached hydrogen (secondary N) is 1. The van der Waals surface area contributed by atoms with Crippen LogP contribution in [0.5, 0.6) is 0 Å². The van der Waals surface area contributed by atoms with E-state index in [9.17, 15) is 10.1 Å². The molecule has 1 saturated carbocycles. The van der Waals surface area contributed by atoms with Gasteiger partial charge in [-0.2, -0.15) is 5.26 Å². The Kier molecular flexibility index (Phi) is 3.48. The molecule has 0 bridgehead atoms. The Morgan fingerprint density at radius 1 is 1.25 bits per heavy atom. The molecule has 1 atom stereocenters. The van der Waals surface area contributed by atoms with Gasteiger partial charge in [0.1, 0.15) is 5.54 Å². The van der Waals surface area contributed by atoms with Crippen molar-refractivity contribution < 1.29 is 4.79 Å². The molecule has 1 amide bonds. The van der Waals surface area contributed by atoms with Gasteiger partial charge in [0.05, 0.1) is 6.07 Å². The summed E-state index contributed by atoms with van der Waals surface area (Å²) in [5, 5.41) is 12.4. The summed E-state index contributed by atoms with van der Waals surface area (Å²) in [6, 6.07) is 10.7. The summed E-state index contributed by atoms with van der Waals surface area (Å²) in [5.41, 5.74) is 2.07. The van der Waals surface area contributed by atoms with Crippen molar-refractivity contribution in [2.24, 2.45) is 5.92 Å². The predicted octanol–water partition coefficient (Wildman–Crippen LogP) is 2.74. The lowest BCUT2D eigenvalue weighted by molar-refractivity contribution is -0.126. The molecule has 3 rings (SSSR count). The molecular formula is C17H20N2O. The molecule has 1 fully saturated rings. The molecule has 0 saturated heterocycles. The molecule has 20 heavy (non-hydrogen) atoms. The number of nitrogens with zero attached hydrogens (tertiary/aromatic N) is 1. The van der Waals surface area contributed by atoms with E-state index in [1.54, 1.807) is 0 Å². The average molecular weight is 268 g/mol. The Morgan fingerprint density at radius 2 is 1.95 bits per heavy atom. The topological polar surface area (TPSA) is 52.9 Å². The van der Waals surface area contributed by atoms with Gasteiger partial charge in [0.15, 0.2) is 0 Å². The molecule has 0 heterocycles. The summed E-state index contributed by atoms with van der Waals surface area (Å²) in [5.74, 6) is 0.0960. The summed E-state index contributed by atoms with van der Waals surface area (Å²) in [6.45, 7) is 0. The largest absolute Gasteiger partial charge is 0.338 e. The number of fused-ring (bicyclic) bond motifs is 1. The zero-order valence-corrected chi connectivity index (χ0v) is 11.7. The fourth-order valence-corrected chi connectivity index (χ4v) is 3.50. The number of hydrogen-bond acceptors (Lipinski definition) is 2. The van der Waals surface area contributed by atoms with Crippen LogP contribution < -0.4 is 5.32 Å². The highest BCUT2D eigenvalue weighted by Crippen LogP contribution is 2.31. The molecular weight excluding hydrogens is 248 g/mol. The number of nitriles is 1. The molecule has 0 aliphatic heterocycles. The second-order valence-corrected chi connectivity index (χ2v) is 6.10. The van der Waals surface area contributed by atoms with Crippen molar-refractivity contribution in [1.29, 1.82) is 5.26 Å². The van der Waals surface area contributed by atoms with Gasteiger partial charge < -0.3 is 5.32 Å². The third kappa shape index (κ3) is 2.43. The van der Waals surface area contributed by atoms with Crippen LogP contribution in [-0.2, 0) is 17.6 Å². The van der Waals surface area contributed by atoms with Crippen molar-refractivity contribution >= 4 is 5.91 Å². The van der Waals surface area contributed by atoms with Gasteiger partial charge in [0.2, 0.25) is 5.91 Å². The molecule has 104 valence electrons. The van der Waals surface area contributed by atoms with Gasteiger partial charge in [-0.25, -0.2) is 0 Å². The molecule has 0 spiro atoms. The van der Waals surface area contributed by atoms with E-state index in [2.05, 4.69) is 29.6 Å². The molecule has 0 radical (unpaired) electrons. The second-order valence-electron chi connectivity index (χ2n) is 6.10. The van der Waals surface area contributed by atoms with E-state index >= 15 is 0 Å². The van der Waals surface area contributed by atoms with Crippen LogP contribution in [-0.4, -0.2) is 11.4 Å². The lowest BCUT2D eigenvalue weighted by Crippen LogP contribution is -2.48. The monoisotopic (exact) mass is 268 g/mol. The lowest BCUT2D eigenvalue weighted by Gasteiger charge is -2.28. The van der Waals surface area contributed by atoms with Crippen molar-refractivity contribution in [2.45, 2.75) is 50.5 Å². The van der Waals surface area contributed by atoms with Crippen LogP contribution in [0.25, 0.3) is 0 Å². The number of benzene rings is 1. The first-order valence-corrected chi connectivity index (χ1v) is 7.52. The van der Waals surface area contributed by atoms with Gasteiger partial charge in [-0.3, -0.25) is 4.79 Å². The average Bonchev–Trinajstić information content (AvgIpc) is 2.96. The third-order valence-corrected chi connectivity index (χ3v) is 4.75. The fraction of sp³-hybridized carbons (Fsp3) is 0.529. The van der Waals surface area contributed by atoms with Crippen molar-refractivity contribution in [3.05, 3.63) is 35.4 Å². The van der Waals surface area contributed by atoms with Crippen LogP contribution in [0.1, 0.15) is 43.2 Å². The minimum Gasteiger partial charge on any atom is -0.338 e. The Labute approximate surface area is 120 Å². The summed E-state index contributed by atoms with van der Waals surface area (Å²) < 4.78 is 0. The first-order chi connectivity index (χ1) is 9.72. The van der Waals surface area contributed by atoms with Crippen LogP contribution in [0, 0.1) is 17.2 Å². The van der Waals surface area contributed by atoms with Crippen molar-refractivity contribution in [3.8, 4) is 6.07 Å². The van der Waals surface area contributed by atoms with Gasteiger partial charge in [0.25, 0.3) is 0 Å².